The molecule has 1 aromatic heterocycles. The minimum absolute atomic E-state index is 0.115. The molecule has 1 aromatic carbocycles. The number of aromatic nitrogens is 1. The molecular formula is C23H27NO3. The van der Waals surface area contributed by atoms with E-state index in [1.165, 1.54) is 12.0 Å². The Balaban J connectivity index is 2.02. The molecule has 4 nitrogen and oxygen atoms in total. The van der Waals surface area contributed by atoms with E-state index >= 15 is 0 Å². The third-order valence-electron chi connectivity index (χ3n) is 6.21. The van der Waals surface area contributed by atoms with Crippen LogP contribution >= 0.6 is 0 Å². The zero-order valence-electron chi connectivity index (χ0n) is 16.0. The zero-order chi connectivity index (χ0) is 18.9. The van der Waals surface area contributed by atoms with Crippen LogP contribution in [0.5, 0.6) is 5.75 Å². The van der Waals surface area contributed by atoms with E-state index in [4.69, 9.17) is 9.72 Å². The van der Waals surface area contributed by atoms with Gasteiger partial charge in [-0.15, -0.1) is 0 Å². The molecule has 1 fully saturated rings. The average Bonchev–Trinajstić information content (AvgIpc) is 2.97. The van der Waals surface area contributed by atoms with Gasteiger partial charge in [0.1, 0.15) is 0 Å². The smallest absolute Gasteiger partial charge is 0.449 e. The van der Waals surface area contributed by atoms with Gasteiger partial charge in [-0.3, -0.25) is 4.98 Å². The number of hydrogen-bond acceptors (Lipinski definition) is 3. The Bertz CT molecular complexity index is 838. The van der Waals surface area contributed by atoms with Gasteiger partial charge in [-0.2, -0.15) is 0 Å². The highest BCUT2D eigenvalue weighted by atomic mass is 16.7. The highest BCUT2D eigenvalue weighted by Gasteiger charge is 2.38. The minimum atomic E-state index is -1.26. The lowest BCUT2D eigenvalue weighted by molar-refractivity contribution is 0.143. The maximum absolute atomic E-state index is 11.6. The molecule has 0 amide bonds. The first kappa shape index (κ1) is 18.0. The molecule has 1 heterocycles. The Kier molecular flexibility index (Phi) is 4.90. The van der Waals surface area contributed by atoms with E-state index < -0.39 is 6.16 Å². The number of rotatable bonds is 3. The lowest BCUT2D eigenvalue weighted by atomic mass is 9.81. The third kappa shape index (κ3) is 3.45. The van der Waals surface area contributed by atoms with Crippen LogP contribution in [0.4, 0.5) is 4.79 Å². The van der Waals surface area contributed by atoms with Gasteiger partial charge in [0, 0.05) is 16.7 Å². The highest BCUT2D eigenvalue weighted by molar-refractivity contribution is 5.79. The Morgan fingerprint density at radius 2 is 1.74 bits per heavy atom. The van der Waals surface area contributed by atoms with Crippen LogP contribution in [0.1, 0.15) is 68.8 Å². The van der Waals surface area contributed by atoms with Crippen molar-refractivity contribution >= 4 is 6.16 Å². The summed E-state index contributed by atoms with van der Waals surface area (Å²) in [5.74, 6) is 0.471. The summed E-state index contributed by atoms with van der Waals surface area (Å²) in [6, 6.07) is 10.1. The molecule has 0 aliphatic heterocycles. The molecule has 0 unspecified atom stereocenters. The predicted octanol–water partition coefficient (Wildman–Crippen LogP) is 5.91. The fraction of sp³-hybridized carbons (Fsp3) is 0.478. The number of benzene rings is 1. The van der Waals surface area contributed by atoms with Gasteiger partial charge in [0.25, 0.3) is 0 Å². The summed E-state index contributed by atoms with van der Waals surface area (Å²) in [6.07, 6.45) is 8.44. The van der Waals surface area contributed by atoms with Crippen molar-refractivity contribution in [2.24, 2.45) is 0 Å². The van der Waals surface area contributed by atoms with Gasteiger partial charge >= 0.3 is 6.16 Å². The Morgan fingerprint density at radius 1 is 1.04 bits per heavy atom. The molecule has 0 bridgehead atoms. The number of carboxylic acid groups (broad SMARTS) is 1. The second-order valence-corrected chi connectivity index (χ2v) is 8.15. The van der Waals surface area contributed by atoms with E-state index in [9.17, 15) is 9.90 Å². The molecule has 0 spiro atoms. The minimum Gasteiger partial charge on any atom is -0.449 e. The molecule has 1 saturated carbocycles. The van der Waals surface area contributed by atoms with E-state index in [2.05, 4.69) is 19.1 Å². The van der Waals surface area contributed by atoms with E-state index in [1.54, 1.807) is 0 Å². The van der Waals surface area contributed by atoms with Crippen LogP contribution in [0, 0.1) is 0 Å². The van der Waals surface area contributed by atoms with Crippen LogP contribution < -0.4 is 4.74 Å². The van der Waals surface area contributed by atoms with Crippen LogP contribution in [0.3, 0.4) is 0 Å². The van der Waals surface area contributed by atoms with Gasteiger partial charge in [0.05, 0.1) is 5.69 Å². The molecule has 0 atom stereocenters. The summed E-state index contributed by atoms with van der Waals surface area (Å²) in [6.45, 7) is 2.22. The predicted molar refractivity (Wildman–Crippen MR) is 105 cm³/mol. The second-order valence-electron chi connectivity index (χ2n) is 8.15. The third-order valence-corrected chi connectivity index (χ3v) is 6.21. The Hall–Kier alpha value is -2.36. The van der Waals surface area contributed by atoms with Crippen LogP contribution in [0.2, 0.25) is 0 Å². The molecule has 2 aromatic rings. The van der Waals surface area contributed by atoms with E-state index in [0.717, 1.165) is 73.9 Å². The lowest BCUT2D eigenvalue weighted by Gasteiger charge is -2.28. The lowest BCUT2D eigenvalue weighted by Crippen LogP contribution is -2.23. The molecule has 2 aliphatic carbocycles. The number of aryl methyl sites for hydroxylation is 1. The summed E-state index contributed by atoms with van der Waals surface area (Å²) in [5, 5.41) is 9.50. The van der Waals surface area contributed by atoms with Crippen LogP contribution in [-0.2, 0) is 18.3 Å². The van der Waals surface area contributed by atoms with Gasteiger partial charge in [0.15, 0.2) is 5.75 Å². The second kappa shape index (κ2) is 7.34. The average molecular weight is 365 g/mol. The molecule has 0 saturated heterocycles. The van der Waals surface area contributed by atoms with Crippen molar-refractivity contribution in [3.63, 3.8) is 0 Å². The number of nitrogens with zero attached hydrogens (tertiary/aromatic N) is 1. The fourth-order valence-corrected chi connectivity index (χ4v) is 4.80. The van der Waals surface area contributed by atoms with Crippen molar-refractivity contribution in [2.45, 2.75) is 70.1 Å². The molecule has 1 N–H and O–H groups in total. The molecule has 4 rings (SSSR count). The monoisotopic (exact) mass is 365 g/mol. The molecule has 2 aliphatic rings. The first-order chi connectivity index (χ1) is 13.1. The quantitative estimate of drug-likeness (QED) is 0.543. The summed E-state index contributed by atoms with van der Waals surface area (Å²) in [5.41, 5.74) is 5.04. The van der Waals surface area contributed by atoms with E-state index in [0.29, 0.717) is 5.75 Å². The van der Waals surface area contributed by atoms with E-state index in [-0.39, 0.29) is 5.41 Å². The molecule has 27 heavy (non-hydrogen) atoms. The molecule has 0 radical (unpaired) electrons. The number of pyridine rings is 1. The number of fused-ring (bicyclic) bond motifs is 1. The maximum Gasteiger partial charge on any atom is 0.511 e. The first-order valence-electron chi connectivity index (χ1n) is 10.1. The molecule has 142 valence electrons. The number of ether oxygens (including phenoxy) is 1. The summed E-state index contributed by atoms with van der Waals surface area (Å²) in [4.78, 5) is 16.7. The van der Waals surface area contributed by atoms with Crippen molar-refractivity contribution in [3.05, 3.63) is 47.3 Å². The van der Waals surface area contributed by atoms with Crippen molar-refractivity contribution in [1.82, 2.24) is 4.98 Å². The highest BCUT2D eigenvalue weighted by Crippen LogP contribution is 2.48. The summed E-state index contributed by atoms with van der Waals surface area (Å²) in [7, 11) is 0. The van der Waals surface area contributed by atoms with Gasteiger partial charge in [-0.05, 0) is 49.7 Å². The van der Waals surface area contributed by atoms with Crippen molar-refractivity contribution in [3.8, 4) is 16.9 Å². The normalized spacial score (nSPS) is 18.6. The van der Waals surface area contributed by atoms with Crippen molar-refractivity contribution < 1.29 is 14.6 Å². The van der Waals surface area contributed by atoms with Gasteiger partial charge in [-0.1, -0.05) is 56.5 Å². The fourth-order valence-electron chi connectivity index (χ4n) is 4.80. The largest absolute Gasteiger partial charge is 0.511 e. The summed E-state index contributed by atoms with van der Waals surface area (Å²) < 4.78 is 5.47. The van der Waals surface area contributed by atoms with Crippen LogP contribution in [0.15, 0.2) is 30.3 Å². The van der Waals surface area contributed by atoms with Gasteiger partial charge < -0.3 is 9.84 Å². The van der Waals surface area contributed by atoms with Gasteiger partial charge in [-0.25, -0.2) is 4.79 Å². The maximum atomic E-state index is 11.6. The number of hydrogen-bond donors (Lipinski definition) is 1. The Morgan fingerprint density at radius 3 is 2.44 bits per heavy atom. The topological polar surface area (TPSA) is 59.4 Å². The van der Waals surface area contributed by atoms with Crippen molar-refractivity contribution in [2.75, 3.05) is 0 Å². The zero-order valence-corrected chi connectivity index (χ0v) is 16.0. The standard InChI is InChI=1S/C23H27NO3/c1-23(14-8-9-15-23)21-20(27-22(25)26)19(16-10-4-2-5-11-16)17-12-6-3-7-13-18(17)24-21/h2,4-5,10-11H,3,6-9,12-15H2,1H3,(H,25,26). The van der Waals surface area contributed by atoms with Crippen LogP contribution in [0.25, 0.3) is 11.1 Å². The SMILES string of the molecule is CC1(c2nc3c(c(-c4ccccc4)c2OC(=O)O)CCCCC3)CCCC1. The van der Waals surface area contributed by atoms with E-state index in [1.807, 2.05) is 18.2 Å². The first-order valence-corrected chi connectivity index (χ1v) is 10.1. The van der Waals surface area contributed by atoms with Crippen LogP contribution in [-0.4, -0.2) is 16.2 Å². The summed E-state index contributed by atoms with van der Waals surface area (Å²) >= 11 is 0. The number of carbonyl (C=O) groups is 1. The Labute approximate surface area is 160 Å². The van der Waals surface area contributed by atoms with Gasteiger partial charge in [0.2, 0.25) is 0 Å². The van der Waals surface area contributed by atoms with Crippen molar-refractivity contribution in [1.29, 1.82) is 0 Å². The molecular weight excluding hydrogens is 338 g/mol. The molecule has 4 heteroatoms.